The van der Waals surface area contributed by atoms with Gasteiger partial charge in [-0.1, -0.05) is 29.8 Å². The van der Waals surface area contributed by atoms with Gasteiger partial charge in [0.25, 0.3) is 0 Å². The summed E-state index contributed by atoms with van der Waals surface area (Å²) >= 11 is 6.16. The minimum absolute atomic E-state index is 0.0555. The third kappa shape index (κ3) is 2.20. The summed E-state index contributed by atoms with van der Waals surface area (Å²) in [5.41, 5.74) is 1.02. The molecular weight excluding hydrogens is 224 g/mol. The molecule has 1 N–H and O–H groups in total. The van der Waals surface area contributed by atoms with Crippen LogP contribution in [-0.4, -0.2) is 30.4 Å². The zero-order chi connectivity index (χ0) is 11.5. The normalized spacial score (nSPS) is 20.9. The number of amides is 1. The molecule has 1 aliphatic heterocycles. The van der Waals surface area contributed by atoms with E-state index in [2.05, 4.69) is 5.32 Å². The number of nitrogens with zero attached hydrogens (tertiary/aromatic N) is 1. The van der Waals surface area contributed by atoms with Crippen molar-refractivity contribution >= 4 is 17.5 Å². The van der Waals surface area contributed by atoms with E-state index in [1.54, 1.807) is 6.92 Å². The molecule has 1 saturated heterocycles. The van der Waals surface area contributed by atoms with E-state index in [1.165, 1.54) is 0 Å². The highest BCUT2D eigenvalue weighted by Crippen LogP contribution is 2.28. The van der Waals surface area contributed by atoms with E-state index in [-0.39, 0.29) is 11.9 Å². The van der Waals surface area contributed by atoms with Crippen LogP contribution < -0.4 is 5.32 Å². The molecule has 1 aliphatic rings. The van der Waals surface area contributed by atoms with Crippen LogP contribution in [0.4, 0.5) is 0 Å². The van der Waals surface area contributed by atoms with Crippen molar-refractivity contribution in [2.24, 2.45) is 0 Å². The molecule has 2 rings (SSSR count). The van der Waals surface area contributed by atoms with Gasteiger partial charge in [-0.15, -0.1) is 0 Å². The minimum Gasteiger partial charge on any atom is -0.333 e. The fraction of sp³-hybridized carbons (Fsp3) is 0.417. The Hall–Kier alpha value is -1.06. The van der Waals surface area contributed by atoms with Gasteiger partial charge in [-0.2, -0.15) is 0 Å². The minimum atomic E-state index is 0.0555. The zero-order valence-corrected chi connectivity index (χ0v) is 10.00. The Morgan fingerprint density at radius 3 is 2.94 bits per heavy atom. The predicted molar refractivity (Wildman–Crippen MR) is 64.4 cm³/mol. The van der Waals surface area contributed by atoms with Crippen molar-refractivity contribution in [3.63, 3.8) is 0 Å². The SMILES string of the molecule is CC(=O)N1CCNCC1c1ccccc1Cl. The Morgan fingerprint density at radius 2 is 2.25 bits per heavy atom. The van der Waals surface area contributed by atoms with E-state index >= 15 is 0 Å². The standard InChI is InChI=1S/C12H15ClN2O/c1-9(16)15-7-6-14-8-12(15)10-4-2-3-5-11(10)13/h2-5,12,14H,6-8H2,1H3. The maximum absolute atomic E-state index is 11.5. The fourth-order valence-corrected chi connectivity index (χ4v) is 2.37. The highest BCUT2D eigenvalue weighted by atomic mass is 35.5. The summed E-state index contributed by atoms with van der Waals surface area (Å²) in [7, 11) is 0. The second-order valence-corrected chi connectivity index (χ2v) is 4.36. The lowest BCUT2D eigenvalue weighted by Gasteiger charge is -2.36. The topological polar surface area (TPSA) is 32.3 Å². The van der Waals surface area contributed by atoms with Crippen molar-refractivity contribution in [1.82, 2.24) is 10.2 Å². The highest BCUT2D eigenvalue weighted by molar-refractivity contribution is 6.31. The fourth-order valence-electron chi connectivity index (χ4n) is 2.10. The molecule has 86 valence electrons. The van der Waals surface area contributed by atoms with Crippen molar-refractivity contribution < 1.29 is 4.79 Å². The number of hydrogen-bond donors (Lipinski definition) is 1. The second-order valence-electron chi connectivity index (χ2n) is 3.95. The smallest absolute Gasteiger partial charge is 0.220 e. The molecule has 4 heteroatoms. The van der Waals surface area contributed by atoms with Gasteiger partial charge in [0.15, 0.2) is 0 Å². The average molecular weight is 239 g/mol. The molecule has 3 nitrogen and oxygen atoms in total. The molecule has 0 spiro atoms. The number of hydrogen-bond acceptors (Lipinski definition) is 2. The van der Waals surface area contributed by atoms with Crippen molar-refractivity contribution in [2.45, 2.75) is 13.0 Å². The van der Waals surface area contributed by atoms with Gasteiger partial charge in [-0.05, 0) is 11.6 Å². The third-order valence-corrected chi connectivity index (χ3v) is 3.26. The summed E-state index contributed by atoms with van der Waals surface area (Å²) in [5.74, 6) is 0.103. The van der Waals surface area contributed by atoms with E-state index < -0.39 is 0 Å². The van der Waals surface area contributed by atoms with Crippen LogP contribution >= 0.6 is 11.6 Å². The van der Waals surface area contributed by atoms with Gasteiger partial charge >= 0.3 is 0 Å². The zero-order valence-electron chi connectivity index (χ0n) is 9.24. The van der Waals surface area contributed by atoms with Gasteiger partial charge in [-0.3, -0.25) is 4.79 Å². The molecule has 1 aromatic rings. The van der Waals surface area contributed by atoms with Crippen LogP contribution in [0.15, 0.2) is 24.3 Å². The highest BCUT2D eigenvalue weighted by Gasteiger charge is 2.26. The van der Waals surface area contributed by atoms with Gasteiger partial charge < -0.3 is 10.2 Å². The first-order chi connectivity index (χ1) is 7.70. The van der Waals surface area contributed by atoms with Crippen LogP contribution in [0, 0.1) is 0 Å². The lowest BCUT2D eigenvalue weighted by molar-refractivity contribution is -0.132. The molecule has 0 aliphatic carbocycles. The Kier molecular flexibility index (Phi) is 3.46. The number of halogens is 1. The second kappa shape index (κ2) is 4.85. The molecule has 0 aromatic heterocycles. The van der Waals surface area contributed by atoms with E-state index in [1.807, 2.05) is 29.2 Å². The number of nitrogens with one attached hydrogen (secondary N) is 1. The molecule has 16 heavy (non-hydrogen) atoms. The summed E-state index contributed by atoms with van der Waals surface area (Å²) in [5, 5.41) is 4.02. The first kappa shape index (κ1) is 11.4. The number of benzene rings is 1. The van der Waals surface area contributed by atoms with Crippen LogP contribution in [0.5, 0.6) is 0 Å². The molecular formula is C12H15ClN2O. The Balaban J connectivity index is 2.30. The summed E-state index contributed by atoms with van der Waals surface area (Å²) in [4.78, 5) is 13.4. The van der Waals surface area contributed by atoms with Gasteiger partial charge in [-0.25, -0.2) is 0 Å². The maximum atomic E-state index is 11.5. The average Bonchev–Trinajstić information content (AvgIpc) is 2.29. The molecule has 0 saturated carbocycles. The van der Waals surface area contributed by atoms with Crippen molar-refractivity contribution in [3.8, 4) is 0 Å². The van der Waals surface area contributed by atoms with Crippen molar-refractivity contribution in [1.29, 1.82) is 0 Å². The van der Waals surface area contributed by atoms with Crippen LogP contribution in [0.25, 0.3) is 0 Å². The van der Waals surface area contributed by atoms with Crippen LogP contribution in [0.1, 0.15) is 18.5 Å². The van der Waals surface area contributed by atoms with Crippen LogP contribution in [-0.2, 0) is 4.79 Å². The number of carbonyl (C=O) groups is 1. The van der Waals surface area contributed by atoms with E-state index in [9.17, 15) is 4.79 Å². The van der Waals surface area contributed by atoms with Gasteiger partial charge in [0.2, 0.25) is 5.91 Å². The Labute approximate surface area is 100 Å². The first-order valence-corrected chi connectivity index (χ1v) is 5.80. The van der Waals surface area contributed by atoms with Crippen molar-refractivity contribution in [3.05, 3.63) is 34.9 Å². The van der Waals surface area contributed by atoms with Gasteiger partial charge in [0.1, 0.15) is 0 Å². The van der Waals surface area contributed by atoms with Gasteiger partial charge in [0, 0.05) is 31.6 Å². The summed E-state index contributed by atoms with van der Waals surface area (Å²) in [6.07, 6.45) is 0. The van der Waals surface area contributed by atoms with E-state index in [0.29, 0.717) is 0 Å². The van der Waals surface area contributed by atoms with Gasteiger partial charge in [0.05, 0.1) is 6.04 Å². The largest absolute Gasteiger partial charge is 0.333 e. The molecule has 0 bridgehead atoms. The first-order valence-electron chi connectivity index (χ1n) is 5.42. The quantitative estimate of drug-likeness (QED) is 0.810. The lowest BCUT2D eigenvalue weighted by Crippen LogP contribution is -2.48. The van der Waals surface area contributed by atoms with E-state index in [4.69, 9.17) is 11.6 Å². The Morgan fingerprint density at radius 1 is 1.50 bits per heavy atom. The maximum Gasteiger partial charge on any atom is 0.220 e. The van der Waals surface area contributed by atoms with Crippen LogP contribution in [0.2, 0.25) is 5.02 Å². The number of rotatable bonds is 1. The molecule has 1 heterocycles. The molecule has 1 unspecified atom stereocenters. The monoisotopic (exact) mass is 238 g/mol. The summed E-state index contributed by atoms with van der Waals surface area (Å²) < 4.78 is 0. The molecule has 1 amide bonds. The molecule has 1 aromatic carbocycles. The predicted octanol–water partition coefficient (Wildman–Crippen LogP) is 1.83. The summed E-state index contributed by atoms with van der Waals surface area (Å²) in [6.45, 7) is 3.96. The molecule has 1 atom stereocenters. The van der Waals surface area contributed by atoms with Crippen molar-refractivity contribution in [2.75, 3.05) is 19.6 Å². The number of carbonyl (C=O) groups excluding carboxylic acids is 1. The summed E-state index contributed by atoms with van der Waals surface area (Å²) in [6, 6.07) is 7.76. The Bertz CT molecular complexity index is 394. The van der Waals surface area contributed by atoms with E-state index in [0.717, 1.165) is 30.2 Å². The molecule has 1 fully saturated rings. The third-order valence-electron chi connectivity index (χ3n) is 2.91. The lowest BCUT2D eigenvalue weighted by atomic mass is 10.0. The number of piperazine rings is 1. The van der Waals surface area contributed by atoms with Crippen LogP contribution in [0.3, 0.4) is 0 Å². The molecule has 0 radical (unpaired) electrons.